The van der Waals surface area contributed by atoms with E-state index in [1.807, 2.05) is 23.1 Å². The van der Waals surface area contributed by atoms with Crippen molar-refractivity contribution in [3.8, 4) is 0 Å². The highest BCUT2D eigenvalue weighted by Gasteiger charge is 2.17. The Labute approximate surface area is 119 Å². The molecule has 0 aromatic carbocycles. The van der Waals surface area contributed by atoms with Crippen LogP contribution in [0.25, 0.3) is 0 Å². The Morgan fingerprint density at radius 1 is 1.37 bits per heavy atom. The van der Waals surface area contributed by atoms with Gasteiger partial charge in [0.25, 0.3) is 0 Å². The van der Waals surface area contributed by atoms with Gasteiger partial charge in [0, 0.05) is 35.3 Å². The van der Waals surface area contributed by atoms with Gasteiger partial charge in [0.05, 0.1) is 5.69 Å². The van der Waals surface area contributed by atoms with E-state index in [0.717, 1.165) is 12.1 Å². The zero-order valence-corrected chi connectivity index (χ0v) is 13.2. The number of hydrogen-bond donors (Lipinski definition) is 1. The average molecular weight is 277 g/mol. The Hall–Kier alpha value is -1.13. The maximum atomic E-state index is 4.49. The minimum absolute atomic E-state index is 0.337. The second-order valence-electron chi connectivity index (χ2n) is 5.28. The molecule has 0 radical (unpaired) electrons. The predicted molar refractivity (Wildman–Crippen MR) is 81.7 cm³/mol. The van der Waals surface area contributed by atoms with Gasteiger partial charge in [0.1, 0.15) is 0 Å². The van der Waals surface area contributed by atoms with Crippen molar-refractivity contribution >= 4 is 11.3 Å². The Bertz CT molecular complexity index is 528. The molecule has 2 heterocycles. The first-order chi connectivity index (χ1) is 8.99. The van der Waals surface area contributed by atoms with Crippen LogP contribution in [0, 0.1) is 13.8 Å². The van der Waals surface area contributed by atoms with Crippen LogP contribution in [-0.4, -0.2) is 15.8 Å². The molecule has 19 heavy (non-hydrogen) atoms. The fraction of sp³-hybridized carbons (Fsp3) is 0.533. The molecule has 0 bridgehead atoms. The van der Waals surface area contributed by atoms with E-state index in [1.165, 1.54) is 16.1 Å². The highest BCUT2D eigenvalue weighted by atomic mass is 32.1. The van der Waals surface area contributed by atoms with Crippen LogP contribution in [0.3, 0.4) is 0 Å². The van der Waals surface area contributed by atoms with Crippen molar-refractivity contribution in [2.75, 3.05) is 0 Å². The number of aromatic nitrogens is 2. The third-order valence-corrected chi connectivity index (χ3v) is 4.52. The summed E-state index contributed by atoms with van der Waals surface area (Å²) >= 11 is 1.83. The summed E-state index contributed by atoms with van der Waals surface area (Å²) in [5, 5.41) is 10.3. The van der Waals surface area contributed by atoms with E-state index in [2.05, 4.69) is 55.6 Å². The molecule has 3 nitrogen and oxygen atoms in total. The molecule has 0 aliphatic rings. The summed E-state index contributed by atoms with van der Waals surface area (Å²) in [5.41, 5.74) is 3.71. The van der Waals surface area contributed by atoms with Crippen LogP contribution in [0.2, 0.25) is 0 Å². The molecular formula is C15H23N3S. The van der Waals surface area contributed by atoms with Crippen LogP contribution in [0.15, 0.2) is 17.5 Å². The van der Waals surface area contributed by atoms with Crippen LogP contribution >= 0.6 is 11.3 Å². The fourth-order valence-corrected chi connectivity index (χ4v) is 3.55. The molecule has 0 amide bonds. The predicted octanol–water partition coefficient (Wildman–Crippen LogP) is 3.38. The number of hydrogen-bond acceptors (Lipinski definition) is 3. The standard InChI is InChI=1S/C15H23N3S/c1-10(9-14-7-6-8-19-14)16-11(2)15-12(3)17-18(5)13(15)4/h6-8,10-11,16H,9H2,1-5H3. The SMILES string of the molecule is Cc1nn(C)c(C)c1C(C)NC(C)Cc1cccs1. The molecule has 4 heteroatoms. The number of nitrogens with one attached hydrogen (secondary N) is 1. The zero-order chi connectivity index (χ0) is 14.0. The third kappa shape index (κ3) is 3.25. The van der Waals surface area contributed by atoms with Crippen molar-refractivity contribution in [2.24, 2.45) is 7.05 Å². The summed E-state index contributed by atoms with van der Waals surface area (Å²) in [6.07, 6.45) is 1.08. The second-order valence-corrected chi connectivity index (χ2v) is 6.31. The molecule has 1 N–H and O–H groups in total. The maximum absolute atomic E-state index is 4.49. The highest BCUT2D eigenvalue weighted by Crippen LogP contribution is 2.22. The van der Waals surface area contributed by atoms with Gasteiger partial charge in [-0.25, -0.2) is 0 Å². The molecule has 0 aliphatic carbocycles. The quantitative estimate of drug-likeness (QED) is 0.908. The lowest BCUT2D eigenvalue weighted by molar-refractivity contribution is 0.476. The van der Waals surface area contributed by atoms with Gasteiger partial charge in [-0.05, 0) is 45.6 Å². The average Bonchev–Trinajstić information content (AvgIpc) is 2.88. The van der Waals surface area contributed by atoms with Gasteiger partial charge >= 0.3 is 0 Å². The summed E-state index contributed by atoms with van der Waals surface area (Å²) < 4.78 is 1.97. The molecule has 0 fully saturated rings. The molecule has 0 aliphatic heterocycles. The largest absolute Gasteiger partial charge is 0.307 e. The first-order valence-corrected chi connectivity index (χ1v) is 7.65. The molecule has 2 aromatic heterocycles. The number of rotatable bonds is 5. The third-order valence-electron chi connectivity index (χ3n) is 3.62. The lowest BCUT2D eigenvalue weighted by Crippen LogP contribution is -2.31. The molecule has 0 saturated carbocycles. The summed E-state index contributed by atoms with van der Waals surface area (Å²) in [6.45, 7) is 8.70. The summed E-state index contributed by atoms with van der Waals surface area (Å²) in [6, 6.07) is 5.12. The van der Waals surface area contributed by atoms with Crippen molar-refractivity contribution in [3.63, 3.8) is 0 Å². The summed E-state index contributed by atoms with van der Waals surface area (Å²) in [4.78, 5) is 1.44. The molecule has 0 spiro atoms. The Balaban J connectivity index is 2.02. The van der Waals surface area contributed by atoms with Crippen molar-refractivity contribution in [1.29, 1.82) is 0 Å². The molecule has 2 rings (SSSR count). The van der Waals surface area contributed by atoms with Gasteiger partial charge in [-0.1, -0.05) is 6.07 Å². The molecule has 2 unspecified atom stereocenters. The Morgan fingerprint density at radius 2 is 2.11 bits per heavy atom. The van der Waals surface area contributed by atoms with Crippen LogP contribution in [0.1, 0.15) is 41.7 Å². The van der Waals surface area contributed by atoms with Gasteiger partial charge in [0.15, 0.2) is 0 Å². The Morgan fingerprint density at radius 3 is 2.63 bits per heavy atom. The van der Waals surface area contributed by atoms with Crippen molar-refractivity contribution in [1.82, 2.24) is 15.1 Å². The van der Waals surface area contributed by atoms with Crippen LogP contribution in [-0.2, 0) is 13.5 Å². The number of aryl methyl sites for hydroxylation is 2. The minimum atomic E-state index is 0.337. The number of thiophene rings is 1. The minimum Gasteiger partial charge on any atom is -0.307 e. The van der Waals surface area contributed by atoms with E-state index in [9.17, 15) is 0 Å². The number of nitrogens with zero attached hydrogens (tertiary/aromatic N) is 2. The molecule has 104 valence electrons. The van der Waals surface area contributed by atoms with E-state index in [-0.39, 0.29) is 0 Å². The normalized spacial score (nSPS) is 14.6. The van der Waals surface area contributed by atoms with Crippen LogP contribution in [0.4, 0.5) is 0 Å². The molecular weight excluding hydrogens is 254 g/mol. The lowest BCUT2D eigenvalue weighted by Gasteiger charge is -2.20. The van der Waals surface area contributed by atoms with E-state index >= 15 is 0 Å². The smallest absolute Gasteiger partial charge is 0.0644 e. The molecule has 2 atom stereocenters. The van der Waals surface area contributed by atoms with Crippen LogP contribution < -0.4 is 5.32 Å². The summed E-state index contributed by atoms with van der Waals surface area (Å²) in [5.74, 6) is 0. The van der Waals surface area contributed by atoms with Crippen molar-refractivity contribution in [2.45, 2.75) is 46.2 Å². The first kappa shape index (κ1) is 14.3. The van der Waals surface area contributed by atoms with Crippen molar-refractivity contribution in [3.05, 3.63) is 39.3 Å². The van der Waals surface area contributed by atoms with Crippen molar-refractivity contribution < 1.29 is 0 Å². The monoisotopic (exact) mass is 277 g/mol. The van der Waals surface area contributed by atoms with Gasteiger partial charge in [-0.15, -0.1) is 11.3 Å². The zero-order valence-electron chi connectivity index (χ0n) is 12.4. The molecule has 2 aromatic rings. The maximum Gasteiger partial charge on any atom is 0.0644 e. The molecule has 0 saturated heterocycles. The van der Waals surface area contributed by atoms with Crippen LogP contribution in [0.5, 0.6) is 0 Å². The van der Waals surface area contributed by atoms with Gasteiger partial charge in [0.2, 0.25) is 0 Å². The lowest BCUT2D eigenvalue weighted by atomic mass is 10.0. The fourth-order valence-electron chi connectivity index (χ4n) is 2.72. The van der Waals surface area contributed by atoms with E-state index in [4.69, 9.17) is 0 Å². The van der Waals surface area contributed by atoms with Gasteiger partial charge < -0.3 is 5.32 Å². The van der Waals surface area contributed by atoms with E-state index in [0.29, 0.717) is 12.1 Å². The Kier molecular flexibility index (Phi) is 4.42. The topological polar surface area (TPSA) is 29.9 Å². The van der Waals surface area contributed by atoms with Gasteiger partial charge in [-0.2, -0.15) is 5.10 Å². The second kappa shape index (κ2) is 5.88. The first-order valence-electron chi connectivity index (χ1n) is 6.77. The van der Waals surface area contributed by atoms with Gasteiger partial charge in [-0.3, -0.25) is 4.68 Å². The highest BCUT2D eigenvalue weighted by molar-refractivity contribution is 7.09. The van der Waals surface area contributed by atoms with E-state index in [1.54, 1.807) is 0 Å². The van der Waals surface area contributed by atoms with E-state index < -0.39 is 0 Å². The summed E-state index contributed by atoms with van der Waals surface area (Å²) in [7, 11) is 2.01.